The molecule has 12 heteroatoms. The number of benzene rings is 1. The fraction of sp³-hybridized carbons (Fsp3) is 0.571. The van der Waals surface area contributed by atoms with E-state index >= 15 is 0 Å². The molecule has 1 spiro atoms. The van der Waals surface area contributed by atoms with Crippen LogP contribution >= 0.6 is 23.2 Å². The van der Waals surface area contributed by atoms with Gasteiger partial charge in [0.2, 0.25) is 0 Å². The molecule has 3 aliphatic rings. The average Bonchev–Trinajstić information content (AvgIpc) is 3.28. The summed E-state index contributed by atoms with van der Waals surface area (Å²) in [6, 6.07) is 3.48. The molecule has 1 heterocycles. The van der Waals surface area contributed by atoms with Crippen LogP contribution in [-0.2, 0) is 11.0 Å². The summed E-state index contributed by atoms with van der Waals surface area (Å²) in [6.45, 7) is 1.13. The molecule has 1 aromatic carbocycles. The Balaban J connectivity index is 1.49. The van der Waals surface area contributed by atoms with Gasteiger partial charge in [0.1, 0.15) is 0 Å². The monoisotopic (exact) mass is 599 g/mol. The lowest BCUT2D eigenvalue weighted by Crippen LogP contribution is -2.61. The highest BCUT2D eigenvalue weighted by atomic mass is 35.5. The summed E-state index contributed by atoms with van der Waals surface area (Å²) in [5.41, 5.74) is -2.96. The van der Waals surface area contributed by atoms with E-state index in [1.165, 1.54) is 17.0 Å². The van der Waals surface area contributed by atoms with Gasteiger partial charge in [-0.1, -0.05) is 35.7 Å². The summed E-state index contributed by atoms with van der Waals surface area (Å²) in [7, 11) is 0. The van der Waals surface area contributed by atoms with E-state index < -0.39 is 53.1 Å². The van der Waals surface area contributed by atoms with Crippen molar-refractivity contribution in [1.82, 2.24) is 14.7 Å². The van der Waals surface area contributed by atoms with E-state index in [0.29, 0.717) is 6.42 Å². The third-order valence-corrected chi connectivity index (χ3v) is 10.0. The Labute approximate surface area is 239 Å². The van der Waals surface area contributed by atoms with Crippen molar-refractivity contribution in [1.29, 1.82) is 0 Å². The quantitative estimate of drug-likeness (QED) is 0.343. The summed E-state index contributed by atoms with van der Waals surface area (Å²) < 4.78 is 44.4. The van der Waals surface area contributed by atoms with Crippen LogP contribution in [0.5, 0.6) is 0 Å². The Bertz CT molecular complexity index is 1320. The molecule has 216 valence electrons. The molecule has 3 aliphatic carbocycles. The van der Waals surface area contributed by atoms with Gasteiger partial charge in [0.15, 0.2) is 11.5 Å². The first-order valence-corrected chi connectivity index (χ1v) is 14.2. The Kier molecular flexibility index (Phi) is 7.48. The Morgan fingerprint density at radius 2 is 1.70 bits per heavy atom. The van der Waals surface area contributed by atoms with Crippen LogP contribution in [0.2, 0.25) is 10.0 Å². The van der Waals surface area contributed by atoms with Gasteiger partial charge >= 0.3 is 12.1 Å². The van der Waals surface area contributed by atoms with Gasteiger partial charge in [-0.3, -0.25) is 19.1 Å². The molecule has 1 aromatic heterocycles. The van der Waals surface area contributed by atoms with Gasteiger partial charge in [-0.15, -0.1) is 0 Å². The molecule has 2 aromatic rings. The van der Waals surface area contributed by atoms with Gasteiger partial charge in [0.05, 0.1) is 45.4 Å². The number of rotatable bonds is 7. The smallest absolute Gasteiger partial charge is 0.433 e. The minimum atomic E-state index is -4.90. The van der Waals surface area contributed by atoms with Crippen molar-refractivity contribution in [2.24, 2.45) is 10.8 Å². The minimum Gasteiger partial charge on any atom is -0.481 e. The van der Waals surface area contributed by atoms with Crippen molar-refractivity contribution in [3.05, 3.63) is 51.3 Å². The molecule has 3 fully saturated rings. The zero-order valence-corrected chi connectivity index (χ0v) is 23.5. The van der Waals surface area contributed by atoms with Crippen LogP contribution in [0.3, 0.4) is 0 Å². The number of halogens is 5. The van der Waals surface area contributed by atoms with Gasteiger partial charge in [-0.05, 0) is 75.8 Å². The van der Waals surface area contributed by atoms with Crippen LogP contribution in [0, 0.1) is 10.8 Å². The van der Waals surface area contributed by atoms with Gasteiger partial charge in [-0.2, -0.15) is 18.3 Å². The van der Waals surface area contributed by atoms with Crippen LogP contribution in [-0.4, -0.2) is 50.0 Å². The number of carbonyl (C=O) groups excluding carboxylic acids is 2. The summed E-state index contributed by atoms with van der Waals surface area (Å²) in [6.07, 6.45) is 0.864. The molecule has 0 aliphatic heterocycles. The number of hydrogen-bond acceptors (Lipinski definition) is 4. The molecule has 5 rings (SSSR count). The van der Waals surface area contributed by atoms with Crippen LogP contribution in [0.25, 0.3) is 0 Å². The van der Waals surface area contributed by atoms with Gasteiger partial charge in [0.25, 0.3) is 5.91 Å². The number of hydrogen-bond donors (Lipinski definition) is 1. The molecule has 1 N–H and O–H groups in total. The highest BCUT2D eigenvalue weighted by molar-refractivity contribution is 6.40. The lowest BCUT2D eigenvalue weighted by molar-refractivity contribution is -0.152. The highest BCUT2D eigenvalue weighted by Crippen LogP contribution is 2.58. The Hall–Kier alpha value is -2.59. The first kappa shape index (κ1) is 28.9. The number of aliphatic carboxylic acids is 1. The third kappa shape index (κ3) is 4.91. The normalized spacial score (nSPS) is 25.6. The number of carbonyl (C=O) groups is 3. The molecule has 7 nitrogen and oxygen atoms in total. The zero-order valence-electron chi connectivity index (χ0n) is 21.9. The van der Waals surface area contributed by atoms with Crippen molar-refractivity contribution < 1.29 is 32.7 Å². The largest absolute Gasteiger partial charge is 0.481 e. The summed E-state index contributed by atoms with van der Waals surface area (Å²) >= 11 is 12.5. The maximum absolute atomic E-state index is 14.5. The molecular formula is C28H30Cl2F3N3O4. The summed E-state index contributed by atoms with van der Waals surface area (Å²) in [5, 5.41) is 13.7. The number of carboxylic acids is 1. The lowest BCUT2D eigenvalue weighted by Gasteiger charge is -2.59. The van der Waals surface area contributed by atoms with Crippen molar-refractivity contribution in [2.75, 3.05) is 6.54 Å². The van der Waals surface area contributed by atoms with Crippen molar-refractivity contribution in [3.8, 4) is 0 Å². The van der Waals surface area contributed by atoms with E-state index in [2.05, 4.69) is 5.10 Å². The molecule has 0 bridgehead atoms. The molecule has 1 atom stereocenters. The van der Waals surface area contributed by atoms with Crippen molar-refractivity contribution in [2.45, 2.75) is 83.0 Å². The Morgan fingerprint density at radius 3 is 2.17 bits per heavy atom. The Morgan fingerprint density at radius 1 is 1.07 bits per heavy atom. The van der Waals surface area contributed by atoms with Gasteiger partial charge in [0, 0.05) is 6.04 Å². The topological polar surface area (TPSA) is 92.5 Å². The molecule has 3 saturated carbocycles. The zero-order chi connectivity index (χ0) is 29.0. The fourth-order valence-corrected chi connectivity index (χ4v) is 7.24. The second-order valence-electron chi connectivity index (χ2n) is 11.7. The first-order chi connectivity index (χ1) is 18.8. The minimum absolute atomic E-state index is 0.0287. The average molecular weight is 600 g/mol. The number of amides is 1. The van der Waals surface area contributed by atoms with E-state index in [1.54, 1.807) is 13.0 Å². The first-order valence-electron chi connectivity index (χ1n) is 13.4. The van der Waals surface area contributed by atoms with Crippen LogP contribution in [0.15, 0.2) is 24.4 Å². The number of carboxylic acid groups (broad SMARTS) is 1. The van der Waals surface area contributed by atoms with Crippen LogP contribution in [0.1, 0.15) is 97.2 Å². The van der Waals surface area contributed by atoms with E-state index in [1.807, 2.05) is 0 Å². The molecule has 40 heavy (non-hydrogen) atoms. The van der Waals surface area contributed by atoms with E-state index in [4.69, 9.17) is 23.2 Å². The van der Waals surface area contributed by atoms with Gasteiger partial charge < -0.3 is 10.0 Å². The highest BCUT2D eigenvalue weighted by Gasteiger charge is 2.55. The number of nitrogens with zero attached hydrogens (tertiary/aromatic N) is 3. The maximum Gasteiger partial charge on any atom is 0.433 e. The number of Topliss-reactive ketones (excluding diaryl/α,β-unsaturated/α-hetero) is 1. The maximum atomic E-state index is 14.5. The number of aromatic nitrogens is 2. The second-order valence-corrected chi connectivity index (χ2v) is 12.5. The summed E-state index contributed by atoms with van der Waals surface area (Å²) in [5.74, 6) is -2.44. The second kappa shape index (κ2) is 10.4. The molecule has 0 radical (unpaired) electrons. The standard InChI is InChI=1S/C28H30Cl2F3N3O4/c1-26(25(39)40)11-6-16(7-12-26)36-23(28(31,32)33)17(14-34-36)24(38)35(21-8-13-27(21)9-3-10-27)15-20(37)22-18(29)4-2-5-19(22)30/h2,4-5,14,16,21H,3,6-13,15H2,1H3,(H,39,40)/t16?,21-,26?/m0/s1. The van der Waals surface area contributed by atoms with Crippen LogP contribution in [0.4, 0.5) is 13.2 Å². The summed E-state index contributed by atoms with van der Waals surface area (Å²) in [4.78, 5) is 40.3. The molecule has 0 saturated heterocycles. The SMILES string of the molecule is CC1(C(=O)O)CCC(n2ncc(C(=O)N(CC(=O)c3c(Cl)cccc3Cl)[C@H]3CCC34CCC4)c2C(F)(F)F)CC1. The van der Waals surface area contributed by atoms with E-state index in [0.717, 1.165) is 36.6 Å². The number of ketones is 1. The predicted molar refractivity (Wildman–Crippen MR) is 142 cm³/mol. The fourth-order valence-electron chi connectivity index (χ4n) is 6.63. The van der Waals surface area contributed by atoms with Crippen molar-refractivity contribution >= 4 is 40.9 Å². The van der Waals surface area contributed by atoms with Gasteiger partial charge in [-0.25, -0.2) is 0 Å². The van der Waals surface area contributed by atoms with Crippen LogP contribution < -0.4 is 0 Å². The molecular weight excluding hydrogens is 570 g/mol. The molecule has 1 amide bonds. The number of alkyl halides is 3. The predicted octanol–water partition coefficient (Wildman–Crippen LogP) is 7.07. The molecule has 0 unspecified atom stereocenters. The lowest BCUT2D eigenvalue weighted by atomic mass is 9.52. The van der Waals surface area contributed by atoms with E-state index in [-0.39, 0.29) is 52.7 Å². The third-order valence-electron chi connectivity index (χ3n) is 9.38. The van der Waals surface area contributed by atoms with Crippen molar-refractivity contribution in [3.63, 3.8) is 0 Å². The van der Waals surface area contributed by atoms with E-state index in [9.17, 15) is 32.7 Å².